The summed E-state index contributed by atoms with van der Waals surface area (Å²) < 4.78 is 5.14. The topological polar surface area (TPSA) is 76.4 Å². The number of fused-ring (bicyclic) bond motifs is 1. The number of carbonyl (C=O) groups is 2. The lowest BCUT2D eigenvalue weighted by molar-refractivity contribution is 0.101. The van der Waals surface area contributed by atoms with E-state index in [1.165, 1.54) is 13.0 Å². The predicted molar refractivity (Wildman–Crippen MR) is 86.9 cm³/mol. The Morgan fingerprint density at radius 1 is 1.00 bits per heavy atom. The van der Waals surface area contributed by atoms with Gasteiger partial charge in [0, 0.05) is 16.6 Å². The minimum Gasteiger partial charge on any atom is -0.422 e. The highest BCUT2D eigenvalue weighted by Gasteiger charge is 2.14. The molecule has 5 nitrogen and oxygen atoms in total. The second-order valence-electron chi connectivity index (χ2n) is 5.07. The van der Waals surface area contributed by atoms with Crippen LogP contribution in [0.5, 0.6) is 0 Å². The molecule has 0 unspecified atom stereocenters. The lowest BCUT2D eigenvalue weighted by atomic mass is 10.1. The number of Topliss-reactive ketones (excluding diaryl/α,β-unsaturated/α-hetero) is 1. The lowest BCUT2D eigenvalue weighted by Crippen LogP contribution is -2.20. The Labute approximate surface area is 131 Å². The fourth-order valence-corrected chi connectivity index (χ4v) is 2.21. The maximum atomic E-state index is 12.3. The van der Waals surface area contributed by atoms with E-state index in [0.29, 0.717) is 22.2 Å². The summed E-state index contributed by atoms with van der Waals surface area (Å²) in [6, 6.07) is 14.9. The molecule has 0 atom stereocenters. The Kier molecular flexibility index (Phi) is 3.76. The van der Waals surface area contributed by atoms with E-state index in [1.807, 2.05) is 0 Å². The van der Waals surface area contributed by atoms with E-state index in [4.69, 9.17) is 4.42 Å². The van der Waals surface area contributed by atoms with Crippen LogP contribution >= 0.6 is 0 Å². The largest absolute Gasteiger partial charge is 0.422 e. The summed E-state index contributed by atoms with van der Waals surface area (Å²) in [5.41, 5.74) is 0.710. The zero-order valence-corrected chi connectivity index (χ0v) is 12.3. The molecule has 0 aliphatic rings. The monoisotopic (exact) mass is 307 g/mol. The van der Waals surface area contributed by atoms with Gasteiger partial charge in [-0.1, -0.05) is 18.2 Å². The van der Waals surface area contributed by atoms with Crippen molar-refractivity contribution in [3.05, 3.63) is 76.1 Å². The highest BCUT2D eigenvalue weighted by molar-refractivity contribution is 6.05. The van der Waals surface area contributed by atoms with Gasteiger partial charge in [0.05, 0.1) is 0 Å². The SMILES string of the molecule is CC(=O)c1ccc(NC(=O)c2cc3ccccc3oc2=O)cc1. The molecule has 0 aliphatic heterocycles. The average molecular weight is 307 g/mol. The number of hydrogen-bond acceptors (Lipinski definition) is 4. The molecule has 23 heavy (non-hydrogen) atoms. The van der Waals surface area contributed by atoms with Gasteiger partial charge in [-0.15, -0.1) is 0 Å². The van der Waals surface area contributed by atoms with Gasteiger partial charge in [-0.2, -0.15) is 0 Å². The van der Waals surface area contributed by atoms with Crippen molar-refractivity contribution in [2.24, 2.45) is 0 Å². The van der Waals surface area contributed by atoms with Crippen molar-refractivity contribution in [3.63, 3.8) is 0 Å². The van der Waals surface area contributed by atoms with Crippen molar-refractivity contribution in [3.8, 4) is 0 Å². The van der Waals surface area contributed by atoms with E-state index in [2.05, 4.69) is 5.32 Å². The summed E-state index contributed by atoms with van der Waals surface area (Å²) in [5, 5.41) is 3.29. The summed E-state index contributed by atoms with van der Waals surface area (Å²) in [5.74, 6) is -0.613. The Morgan fingerprint density at radius 2 is 1.70 bits per heavy atom. The fraction of sp³-hybridized carbons (Fsp3) is 0.0556. The van der Waals surface area contributed by atoms with Crippen LogP contribution in [0.25, 0.3) is 11.0 Å². The van der Waals surface area contributed by atoms with Gasteiger partial charge in [0.15, 0.2) is 5.78 Å². The normalized spacial score (nSPS) is 10.5. The first kappa shape index (κ1) is 14.7. The number of para-hydroxylation sites is 1. The molecule has 0 saturated heterocycles. The van der Waals surface area contributed by atoms with Crippen LogP contribution in [0.1, 0.15) is 27.6 Å². The third kappa shape index (κ3) is 3.03. The molecule has 0 fully saturated rings. The Bertz CT molecular complexity index is 955. The quantitative estimate of drug-likeness (QED) is 0.595. The minimum atomic E-state index is -0.693. The highest BCUT2D eigenvalue weighted by atomic mass is 16.4. The van der Waals surface area contributed by atoms with Crippen LogP contribution in [-0.2, 0) is 0 Å². The van der Waals surface area contributed by atoms with Crippen LogP contribution in [-0.4, -0.2) is 11.7 Å². The summed E-state index contributed by atoms with van der Waals surface area (Å²) in [6.07, 6.45) is 0. The van der Waals surface area contributed by atoms with Gasteiger partial charge in [0.25, 0.3) is 5.91 Å². The predicted octanol–water partition coefficient (Wildman–Crippen LogP) is 3.25. The molecule has 1 heterocycles. The first-order chi connectivity index (χ1) is 11.0. The van der Waals surface area contributed by atoms with Crippen molar-refractivity contribution < 1.29 is 14.0 Å². The lowest BCUT2D eigenvalue weighted by Gasteiger charge is -2.06. The van der Waals surface area contributed by atoms with Gasteiger partial charge < -0.3 is 9.73 Å². The molecule has 1 aromatic heterocycles. The number of anilines is 1. The summed E-state index contributed by atoms with van der Waals surface area (Å²) in [6.45, 7) is 1.47. The molecule has 114 valence electrons. The molecule has 0 bridgehead atoms. The van der Waals surface area contributed by atoms with Crippen molar-refractivity contribution in [2.75, 3.05) is 5.32 Å². The number of nitrogens with one attached hydrogen (secondary N) is 1. The maximum absolute atomic E-state index is 12.3. The maximum Gasteiger partial charge on any atom is 0.349 e. The second-order valence-corrected chi connectivity index (χ2v) is 5.07. The summed E-state index contributed by atoms with van der Waals surface area (Å²) in [4.78, 5) is 35.4. The van der Waals surface area contributed by atoms with Crippen molar-refractivity contribution in [1.29, 1.82) is 0 Å². The third-order valence-electron chi connectivity index (χ3n) is 3.44. The van der Waals surface area contributed by atoms with Crippen LogP contribution < -0.4 is 10.9 Å². The molecule has 1 amide bonds. The Balaban J connectivity index is 1.89. The first-order valence-corrected chi connectivity index (χ1v) is 7.00. The van der Waals surface area contributed by atoms with Crippen LogP contribution in [0.2, 0.25) is 0 Å². The van der Waals surface area contributed by atoms with Gasteiger partial charge in [0.2, 0.25) is 0 Å². The van der Waals surface area contributed by atoms with Gasteiger partial charge in [0.1, 0.15) is 11.1 Å². The molecule has 0 aliphatic carbocycles. The van der Waals surface area contributed by atoms with Gasteiger partial charge in [-0.3, -0.25) is 9.59 Å². The van der Waals surface area contributed by atoms with E-state index in [0.717, 1.165) is 0 Å². The van der Waals surface area contributed by atoms with Crippen molar-refractivity contribution in [2.45, 2.75) is 6.92 Å². The molecule has 0 saturated carbocycles. The van der Waals surface area contributed by atoms with Gasteiger partial charge in [-0.25, -0.2) is 4.79 Å². The number of carbonyl (C=O) groups excluding carboxylic acids is 2. The summed E-state index contributed by atoms with van der Waals surface area (Å²) in [7, 11) is 0. The first-order valence-electron chi connectivity index (χ1n) is 7.00. The molecule has 3 rings (SSSR count). The number of hydrogen-bond donors (Lipinski definition) is 1. The Hall–Kier alpha value is -3.21. The molecule has 1 N–H and O–H groups in total. The molecule has 3 aromatic rings. The molecule has 0 radical (unpaired) electrons. The minimum absolute atomic E-state index is 0.0574. The Morgan fingerprint density at radius 3 is 2.39 bits per heavy atom. The van der Waals surface area contributed by atoms with Crippen LogP contribution in [0.15, 0.2) is 63.8 Å². The number of benzene rings is 2. The zero-order valence-electron chi connectivity index (χ0n) is 12.3. The van der Waals surface area contributed by atoms with E-state index in [1.54, 1.807) is 48.5 Å². The molecular weight excluding hydrogens is 294 g/mol. The molecule has 2 aromatic carbocycles. The number of rotatable bonds is 3. The van der Waals surface area contributed by atoms with E-state index in [-0.39, 0.29) is 11.3 Å². The van der Waals surface area contributed by atoms with E-state index >= 15 is 0 Å². The average Bonchev–Trinajstić information content (AvgIpc) is 2.54. The standard InChI is InChI=1S/C18H13NO4/c1-11(20)12-6-8-14(9-7-12)19-17(21)15-10-13-4-2-3-5-16(13)23-18(15)22/h2-10H,1H3,(H,19,21). The van der Waals surface area contributed by atoms with Crippen molar-refractivity contribution in [1.82, 2.24) is 0 Å². The van der Waals surface area contributed by atoms with Crippen LogP contribution in [0.4, 0.5) is 5.69 Å². The molecule has 5 heteroatoms. The van der Waals surface area contributed by atoms with E-state index < -0.39 is 11.5 Å². The smallest absolute Gasteiger partial charge is 0.349 e. The molecule has 0 spiro atoms. The highest BCUT2D eigenvalue weighted by Crippen LogP contribution is 2.15. The third-order valence-corrected chi connectivity index (χ3v) is 3.44. The van der Waals surface area contributed by atoms with Crippen molar-refractivity contribution >= 4 is 28.3 Å². The summed E-state index contributed by atoms with van der Waals surface area (Å²) >= 11 is 0. The fourth-order valence-electron chi connectivity index (χ4n) is 2.21. The van der Waals surface area contributed by atoms with Crippen LogP contribution in [0.3, 0.4) is 0 Å². The van der Waals surface area contributed by atoms with Crippen LogP contribution in [0, 0.1) is 0 Å². The van der Waals surface area contributed by atoms with Gasteiger partial charge >= 0.3 is 5.63 Å². The number of ketones is 1. The second kappa shape index (κ2) is 5.88. The number of amides is 1. The van der Waals surface area contributed by atoms with E-state index in [9.17, 15) is 14.4 Å². The zero-order chi connectivity index (χ0) is 16.4. The van der Waals surface area contributed by atoms with Gasteiger partial charge in [-0.05, 0) is 43.3 Å². The molecular formula is C18H13NO4.